The third-order valence-corrected chi connectivity index (χ3v) is 3.54. The van der Waals surface area contributed by atoms with Gasteiger partial charge in [0.1, 0.15) is 12.1 Å². The van der Waals surface area contributed by atoms with Crippen LogP contribution in [0.25, 0.3) is 0 Å². The summed E-state index contributed by atoms with van der Waals surface area (Å²) in [5.74, 6) is 0.325. The molecule has 0 radical (unpaired) electrons. The van der Waals surface area contributed by atoms with Crippen molar-refractivity contribution in [2.45, 2.75) is 46.2 Å². The molecule has 1 fully saturated rings. The molecule has 1 aliphatic rings. The first kappa shape index (κ1) is 16.0. The lowest BCUT2D eigenvalue weighted by Gasteiger charge is -2.41. The number of hydrogen-bond donors (Lipinski definition) is 1. The Bertz CT molecular complexity index is 331. The molecule has 1 aliphatic heterocycles. The number of nitrogens with zero attached hydrogens (tertiary/aromatic N) is 1. The molecule has 0 aromatic heterocycles. The summed E-state index contributed by atoms with van der Waals surface area (Å²) in [5, 5.41) is 2.84. The van der Waals surface area contributed by atoms with Gasteiger partial charge < -0.3 is 15.0 Å². The molecular weight excluding hydrogens is 244 g/mol. The number of hydrogen-bond acceptors (Lipinski definition) is 3. The topological polar surface area (TPSA) is 58.6 Å². The minimum Gasteiger partial charge on any atom is -0.384 e. The van der Waals surface area contributed by atoms with Gasteiger partial charge in [-0.2, -0.15) is 0 Å². The maximum Gasteiger partial charge on any atom is 0.246 e. The van der Waals surface area contributed by atoms with Crippen molar-refractivity contribution < 1.29 is 14.3 Å². The Kier molecular flexibility index (Phi) is 5.79. The normalized spacial score (nSPS) is 25.7. The van der Waals surface area contributed by atoms with Crippen LogP contribution in [0.15, 0.2) is 0 Å². The van der Waals surface area contributed by atoms with Gasteiger partial charge >= 0.3 is 0 Å². The maximum absolute atomic E-state index is 12.5. The van der Waals surface area contributed by atoms with E-state index in [9.17, 15) is 9.59 Å². The number of piperazine rings is 1. The molecule has 1 rings (SSSR count). The van der Waals surface area contributed by atoms with Gasteiger partial charge in [0.05, 0.1) is 6.61 Å². The number of carbonyl (C=O) groups is 2. The molecule has 3 atom stereocenters. The van der Waals surface area contributed by atoms with Gasteiger partial charge in [-0.15, -0.1) is 0 Å². The summed E-state index contributed by atoms with van der Waals surface area (Å²) in [4.78, 5) is 26.3. The van der Waals surface area contributed by atoms with Crippen molar-refractivity contribution in [2.24, 2.45) is 11.8 Å². The van der Waals surface area contributed by atoms with Crippen LogP contribution in [0.5, 0.6) is 0 Å². The highest BCUT2D eigenvalue weighted by Crippen LogP contribution is 2.19. The van der Waals surface area contributed by atoms with Crippen LogP contribution >= 0.6 is 0 Å². The monoisotopic (exact) mass is 270 g/mol. The first-order valence-corrected chi connectivity index (χ1v) is 7.02. The van der Waals surface area contributed by atoms with E-state index in [1.807, 2.05) is 27.7 Å². The molecule has 0 aromatic rings. The zero-order chi connectivity index (χ0) is 14.6. The van der Waals surface area contributed by atoms with Gasteiger partial charge in [0.25, 0.3) is 0 Å². The molecule has 0 aromatic carbocycles. The van der Waals surface area contributed by atoms with Gasteiger partial charge in [-0.05, 0) is 18.3 Å². The second kappa shape index (κ2) is 6.89. The highest BCUT2D eigenvalue weighted by atomic mass is 16.5. The number of carbonyl (C=O) groups excluding carboxylic acids is 2. The van der Waals surface area contributed by atoms with Crippen LogP contribution in [-0.2, 0) is 14.3 Å². The first-order chi connectivity index (χ1) is 8.92. The summed E-state index contributed by atoms with van der Waals surface area (Å²) >= 11 is 0. The Morgan fingerprint density at radius 3 is 2.42 bits per heavy atom. The lowest BCUT2D eigenvalue weighted by molar-refractivity contribution is -0.151. The van der Waals surface area contributed by atoms with Crippen LogP contribution in [0, 0.1) is 11.8 Å². The summed E-state index contributed by atoms with van der Waals surface area (Å²) in [6.07, 6.45) is 0.641. The van der Waals surface area contributed by atoms with E-state index in [0.717, 1.165) is 0 Å². The molecule has 110 valence electrons. The zero-order valence-corrected chi connectivity index (χ0v) is 12.6. The molecule has 3 unspecified atom stereocenters. The summed E-state index contributed by atoms with van der Waals surface area (Å²) in [5.41, 5.74) is 0. The molecule has 1 saturated heterocycles. The Morgan fingerprint density at radius 1 is 1.32 bits per heavy atom. The Hall–Kier alpha value is -1.10. The number of nitrogens with one attached hydrogen (secondary N) is 1. The van der Waals surface area contributed by atoms with Gasteiger partial charge in [-0.3, -0.25) is 9.59 Å². The Balaban J connectivity index is 2.86. The molecule has 0 saturated carbocycles. The van der Waals surface area contributed by atoms with Gasteiger partial charge in [0.2, 0.25) is 11.8 Å². The van der Waals surface area contributed by atoms with Crippen LogP contribution < -0.4 is 5.32 Å². The molecule has 5 heteroatoms. The van der Waals surface area contributed by atoms with Crippen molar-refractivity contribution in [1.82, 2.24) is 10.2 Å². The molecule has 5 nitrogen and oxygen atoms in total. The van der Waals surface area contributed by atoms with E-state index in [-0.39, 0.29) is 29.7 Å². The van der Waals surface area contributed by atoms with Crippen molar-refractivity contribution in [3.05, 3.63) is 0 Å². The highest BCUT2D eigenvalue weighted by molar-refractivity contribution is 5.97. The van der Waals surface area contributed by atoms with Crippen molar-refractivity contribution >= 4 is 11.8 Å². The van der Waals surface area contributed by atoms with Crippen molar-refractivity contribution in [3.63, 3.8) is 0 Å². The number of amides is 2. The Morgan fingerprint density at radius 2 is 1.95 bits per heavy atom. The Labute approximate surface area is 115 Å². The lowest BCUT2D eigenvalue weighted by Crippen LogP contribution is -2.65. The molecule has 1 N–H and O–H groups in total. The van der Waals surface area contributed by atoms with Crippen LogP contribution in [0.3, 0.4) is 0 Å². The SMILES string of the molecule is CCC1C(=O)NC(C(C)C)C(=O)N1CC(C)COC. The van der Waals surface area contributed by atoms with E-state index in [2.05, 4.69) is 5.32 Å². The number of ether oxygens (including phenoxy) is 1. The third kappa shape index (κ3) is 3.69. The largest absolute Gasteiger partial charge is 0.384 e. The van der Waals surface area contributed by atoms with Crippen LogP contribution in [0.1, 0.15) is 34.1 Å². The number of methoxy groups -OCH3 is 1. The third-order valence-electron chi connectivity index (χ3n) is 3.54. The fourth-order valence-electron chi connectivity index (χ4n) is 2.53. The standard InChI is InChI=1S/C14H26N2O3/c1-6-11-13(17)15-12(9(2)3)14(18)16(11)7-10(4)8-19-5/h9-12H,6-8H2,1-5H3,(H,15,17). The molecule has 1 heterocycles. The molecule has 0 spiro atoms. The van der Waals surface area contributed by atoms with Crippen molar-refractivity contribution in [3.8, 4) is 0 Å². The van der Waals surface area contributed by atoms with Gasteiger partial charge in [-0.1, -0.05) is 27.7 Å². The zero-order valence-electron chi connectivity index (χ0n) is 12.6. The lowest BCUT2D eigenvalue weighted by atomic mass is 9.96. The van der Waals surface area contributed by atoms with E-state index < -0.39 is 6.04 Å². The highest BCUT2D eigenvalue weighted by Gasteiger charge is 2.40. The fraction of sp³-hybridized carbons (Fsp3) is 0.857. The van der Waals surface area contributed by atoms with E-state index in [4.69, 9.17) is 4.74 Å². The van der Waals surface area contributed by atoms with Gasteiger partial charge in [0.15, 0.2) is 0 Å². The average Bonchev–Trinajstić information content (AvgIpc) is 2.33. The molecule has 0 aliphatic carbocycles. The van der Waals surface area contributed by atoms with Crippen molar-refractivity contribution in [2.75, 3.05) is 20.3 Å². The van der Waals surface area contributed by atoms with E-state index in [1.54, 1.807) is 12.0 Å². The van der Waals surface area contributed by atoms with Crippen LogP contribution in [0.4, 0.5) is 0 Å². The molecular formula is C14H26N2O3. The second-order valence-electron chi connectivity index (χ2n) is 5.71. The van der Waals surface area contributed by atoms with Gasteiger partial charge in [-0.25, -0.2) is 0 Å². The number of rotatable bonds is 6. The molecule has 2 amide bonds. The fourth-order valence-corrected chi connectivity index (χ4v) is 2.53. The minimum absolute atomic E-state index is 0.0319. The average molecular weight is 270 g/mol. The summed E-state index contributed by atoms with van der Waals surface area (Å²) in [6.45, 7) is 9.02. The van der Waals surface area contributed by atoms with E-state index in [1.165, 1.54) is 0 Å². The quantitative estimate of drug-likeness (QED) is 0.784. The predicted molar refractivity (Wildman–Crippen MR) is 73.6 cm³/mol. The van der Waals surface area contributed by atoms with Crippen LogP contribution in [0.2, 0.25) is 0 Å². The summed E-state index contributed by atoms with van der Waals surface area (Å²) in [7, 11) is 1.65. The van der Waals surface area contributed by atoms with E-state index >= 15 is 0 Å². The summed E-state index contributed by atoms with van der Waals surface area (Å²) < 4.78 is 5.11. The first-order valence-electron chi connectivity index (χ1n) is 7.02. The second-order valence-corrected chi connectivity index (χ2v) is 5.71. The van der Waals surface area contributed by atoms with Gasteiger partial charge in [0, 0.05) is 13.7 Å². The van der Waals surface area contributed by atoms with Crippen molar-refractivity contribution in [1.29, 1.82) is 0 Å². The molecule has 0 bridgehead atoms. The smallest absolute Gasteiger partial charge is 0.246 e. The van der Waals surface area contributed by atoms with E-state index in [0.29, 0.717) is 19.6 Å². The van der Waals surface area contributed by atoms with Crippen LogP contribution in [-0.4, -0.2) is 49.1 Å². The predicted octanol–water partition coefficient (Wildman–Crippen LogP) is 1.03. The summed E-state index contributed by atoms with van der Waals surface area (Å²) in [6, 6.07) is -0.744. The minimum atomic E-state index is -0.398. The molecule has 19 heavy (non-hydrogen) atoms. The maximum atomic E-state index is 12.5.